The van der Waals surface area contributed by atoms with Gasteiger partial charge in [-0.3, -0.25) is 9.78 Å². The zero-order valence-electron chi connectivity index (χ0n) is 19.7. The van der Waals surface area contributed by atoms with Crippen LogP contribution in [0.5, 0.6) is 0 Å². The molecule has 0 bridgehead atoms. The van der Waals surface area contributed by atoms with E-state index in [1.165, 1.54) is 12.4 Å². The Labute approximate surface area is 218 Å². The lowest BCUT2D eigenvalue weighted by Gasteiger charge is -2.19. The molecule has 1 unspecified atom stereocenters. The van der Waals surface area contributed by atoms with E-state index in [2.05, 4.69) is 15.6 Å². The normalized spacial score (nSPS) is 11.3. The van der Waals surface area contributed by atoms with Crippen LogP contribution in [0.2, 0.25) is 10.0 Å². The monoisotopic (exact) mass is 529 g/mol. The molecule has 2 aromatic carbocycles. The SMILES string of the molecule is CCOC(=O)c1ccc(NC(Cc2ccc(NC(=O)c3c(Cl)cncc3Cl)cc2)C(=O)OCC)cc1. The summed E-state index contributed by atoms with van der Waals surface area (Å²) in [6.07, 6.45) is 3.02. The van der Waals surface area contributed by atoms with Crippen molar-refractivity contribution in [3.63, 3.8) is 0 Å². The van der Waals surface area contributed by atoms with Crippen molar-refractivity contribution >= 4 is 52.4 Å². The summed E-state index contributed by atoms with van der Waals surface area (Å²) in [7, 11) is 0. The molecule has 10 heteroatoms. The number of halogens is 2. The smallest absolute Gasteiger partial charge is 0.338 e. The molecular formula is C26H25Cl2N3O5. The van der Waals surface area contributed by atoms with Crippen molar-refractivity contribution in [2.45, 2.75) is 26.3 Å². The molecule has 2 N–H and O–H groups in total. The number of nitrogens with zero attached hydrogens (tertiary/aromatic N) is 1. The maximum Gasteiger partial charge on any atom is 0.338 e. The molecule has 36 heavy (non-hydrogen) atoms. The molecule has 1 aromatic heterocycles. The lowest BCUT2D eigenvalue weighted by molar-refractivity contribution is -0.144. The van der Waals surface area contributed by atoms with Crippen LogP contribution in [0.15, 0.2) is 60.9 Å². The number of rotatable bonds is 10. The first-order valence-electron chi connectivity index (χ1n) is 11.2. The number of esters is 2. The molecule has 0 aliphatic carbocycles. The minimum absolute atomic E-state index is 0.137. The standard InChI is InChI=1S/C26H25Cl2N3O5/c1-3-35-25(33)17-7-11-18(12-8-17)30-22(26(34)36-4-2)13-16-5-9-19(10-6-16)31-24(32)23-20(27)14-29-15-21(23)28/h5-12,14-15,22,30H,3-4,13H2,1-2H3,(H,31,32). The number of anilines is 2. The largest absolute Gasteiger partial charge is 0.464 e. The van der Waals surface area contributed by atoms with Gasteiger partial charge in [-0.25, -0.2) is 9.59 Å². The summed E-state index contributed by atoms with van der Waals surface area (Å²) in [5, 5.41) is 6.20. The summed E-state index contributed by atoms with van der Waals surface area (Å²) in [6, 6.07) is 13.0. The third kappa shape index (κ3) is 7.19. The van der Waals surface area contributed by atoms with Crippen LogP contribution in [0.1, 0.15) is 40.1 Å². The van der Waals surface area contributed by atoms with E-state index in [1.54, 1.807) is 62.4 Å². The molecule has 1 amide bonds. The van der Waals surface area contributed by atoms with Gasteiger partial charge in [-0.2, -0.15) is 0 Å². The van der Waals surface area contributed by atoms with Crippen LogP contribution in [-0.2, 0) is 20.7 Å². The maximum atomic E-state index is 12.6. The molecular weight excluding hydrogens is 505 g/mol. The summed E-state index contributed by atoms with van der Waals surface area (Å²) in [4.78, 5) is 40.9. The molecule has 3 rings (SSSR count). The second kappa shape index (κ2) is 12.9. The van der Waals surface area contributed by atoms with Crippen molar-refractivity contribution in [3.05, 3.63) is 87.7 Å². The van der Waals surface area contributed by atoms with E-state index in [0.29, 0.717) is 23.4 Å². The Kier molecular flexibility index (Phi) is 9.67. The molecule has 0 saturated heterocycles. The van der Waals surface area contributed by atoms with E-state index in [4.69, 9.17) is 32.7 Å². The third-order valence-corrected chi connectivity index (χ3v) is 5.61. The Hall–Kier alpha value is -3.62. The summed E-state index contributed by atoms with van der Waals surface area (Å²) in [6.45, 7) is 4.01. The van der Waals surface area contributed by atoms with Crippen LogP contribution in [0.25, 0.3) is 0 Å². The third-order valence-electron chi connectivity index (χ3n) is 5.04. The highest BCUT2D eigenvalue weighted by molar-refractivity contribution is 6.40. The van der Waals surface area contributed by atoms with Crippen molar-refractivity contribution in [3.8, 4) is 0 Å². The Morgan fingerprint density at radius 2 is 1.44 bits per heavy atom. The van der Waals surface area contributed by atoms with Gasteiger partial charge in [0.25, 0.3) is 5.91 Å². The van der Waals surface area contributed by atoms with Crippen molar-refractivity contribution in [2.75, 3.05) is 23.8 Å². The molecule has 8 nitrogen and oxygen atoms in total. The van der Waals surface area contributed by atoms with Gasteiger partial charge in [-0.05, 0) is 55.8 Å². The molecule has 1 heterocycles. The van der Waals surface area contributed by atoms with Crippen LogP contribution in [-0.4, -0.2) is 42.1 Å². The van der Waals surface area contributed by atoms with Crippen molar-refractivity contribution in [2.24, 2.45) is 0 Å². The Balaban J connectivity index is 1.69. The van der Waals surface area contributed by atoms with E-state index >= 15 is 0 Å². The first-order chi connectivity index (χ1) is 17.3. The van der Waals surface area contributed by atoms with E-state index in [-0.39, 0.29) is 28.8 Å². The van der Waals surface area contributed by atoms with Crippen LogP contribution in [0, 0.1) is 0 Å². The molecule has 0 aliphatic heterocycles. The highest BCUT2D eigenvalue weighted by atomic mass is 35.5. The Bertz CT molecular complexity index is 1200. The maximum absolute atomic E-state index is 12.6. The Morgan fingerprint density at radius 3 is 2.03 bits per heavy atom. The van der Waals surface area contributed by atoms with Gasteiger partial charge in [-0.15, -0.1) is 0 Å². The fourth-order valence-corrected chi connectivity index (χ4v) is 3.87. The van der Waals surface area contributed by atoms with Gasteiger partial charge in [0.05, 0.1) is 34.4 Å². The number of amides is 1. The zero-order chi connectivity index (χ0) is 26.1. The van der Waals surface area contributed by atoms with Gasteiger partial charge in [-0.1, -0.05) is 35.3 Å². The van der Waals surface area contributed by atoms with E-state index in [9.17, 15) is 14.4 Å². The van der Waals surface area contributed by atoms with Crippen LogP contribution >= 0.6 is 23.2 Å². The number of carbonyl (C=O) groups excluding carboxylic acids is 3. The second-order valence-electron chi connectivity index (χ2n) is 7.58. The van der Waals surface area contributed by atoms with Gasteiger partial charge in [0.2, 0.25) is 0 Å². The topological polar surface area (TPSA) is 107 Å². The van der Waals surface area contributed by atoms with Crippen LogP contribution < -0.4 is 10.6 Å². The molecule has 188 valence electrons. The molecule has 0 aliphatic rings. The quantitative estimate of drug-likeness (QED) is 0.338. The lowest BCUT2D eigenvalue weighted by Crippen LogP contribution is -2.33. The van der Waals surface area contributed by atoms with Crippen molar-refractivity contribution < 1.29 is 23.9 Å². The number of hydrogen-bond acceptors (Lipinski definition) is 7. The fourth-order valence-electron chi connectivity index (χ4n) is 3.34. The predicted molar refractivity (Wildman–Crippen MR) is 139 cm³/mol. The van der Waals surface area contributed by atoms with Gasteiger partial charge < -0.3 is 20.1 Å². The van der Waals surface area contributed by atoms with Gasteiger partial charge in [0.15, 0.2) is 0 Å². The zero-order valence-corrected chi connectivity index (χ0v) is 21.2. The molecule has 0 fully saturated rings. The molecule has 1 atom stereocenters. The van der Waals surface area contributed by atoms with Gasteiger partial charge in [0.1, 0.15) is 6.04 Å². The van der Waals surface area contributed by atoms with E-state index in [0.717, 1.165) is 5.56 Å². The number of pyridine rings is 1. The number of nitrogens with one attached hydrogen (secondary N) is 2. The van der Waals surface area contributed by atoms with Crippen LogP contribution in [0.4, 0.5) is 11.4 Å². The lowest BCUT2D eigenvalue weighted by atomic mass is 10.0. The van der Waals surface area contributed by atoms with Crippen molar-refractivity contribution in [1.29, 1.82) is 0 Å². The fraction of sp³-hybridized carbons (Fsp3) is 0.231. The van der Waals surface area contributed by atoms with E-state index in [1.807, 2.05) is 0 Å². The number of ether oxygens (including phenoxy) is 2. The summed E-state index contributed by atoms with van der Waals surface area (Å²) >= 11 is 12.1. The molecule has 0 spiro atoms. The molecule has 0 saturated carbocycles. The van der Waals surface area contributed by atoms with Gasteiger partial charge >= 0.3 is 11.9 Å². The van der Waals surface area contributed by atoms with Crippen molar-refractivity contribution in [1.82, 2.24) is 4.98 Å². The average molecular weight is 530 g/mol. The molecule has 0 radical (unpaired) electrons. The highest BCUT2D eigenvalue weighted by Crippen LogP contribution is 2.24. The van der Waals surface area contributed by atoms with E-state index < -0.39 is 23.9 Å². The average Bonchev–Trinajstić information content (AvgIpc) is 2.85. The number of aromatic nitrogens is 1. The number of hydrogen-bond donors (Lipinski definition) is 2. The summed E-state index contributed by atoms with van der Waals surface area (Å²) in [5.74, 6) is -1.28. The van der Waals surface area contributed by atoms with Gasteiger partial charge in [0, 0.05) is 30.2 Å². The predicted octanol–water partition coefficient (Wildman–Crippen LogP) is 5.40. The number of benzene rings is 2. The highest BCUT2D eigenvalue weighted by Gasteiger charge is 2.21. The first kappa shape index (κ1) is 27.0. The summed E-state index contributed by atoms with van der Waals surface area (Å²) in [5.41, 5.74) is 2.57. The molecule has 3 aromatic rings. The minimum Gasteiger partial charge on any atom is -0.464 e. The number of carbonyl (C=O) groups is 3. The second-order valence-corrected chi connectivity index (χ2v) is 8.39. The minimum atomic E-state index is -0.673. The first-order valence-corrected chi connectivity index (χ1v) is 12.0. The van der Waals surface area contributed by atoms with Crippen LogP contribution in [0.3, 0.4) is 0 Å². The summed E-state index contributed by atoms with van der Waals surface area (Å²) < 4.78 is 10.2. The Morgan fingerprint density at radius 1 is 0.861 bits per heavy atom.